The van der Waals surface area contributed by atoms with Crippen LogP contribution < -0.4 is 0 Å². The molecule has 0 heterocycles. The predicted molar refractivity (Wildman–Crippen MR) is 133 cm³/mol. The fraction of sp³-hybridized carbons (Fsp3) is 0.0625. The number of rotatable bonds is 0. The maximum absolute atomic E-state index is 11.5. The lowest BCUT2D eigenvalue weighted by Gasteiger charge is -2.18. The van der Waals surface area contributed by atoms with Crippen LogP contribution in [0.15, 0.2) is 97.1 Å². The van der Waals surface area contributed by atoms with Gasteiger partial charge in [-0.05, 0) is 57.8 Å². The lowest BCUT2D eigenvalue weighted by molar-refractivity contribution is 0.150. The third kappa shape index (κ3) is 2.83. The Balaban J connectivity index is 1.35. The zero-order valence-electron chi connectivity index (χ0n) is 18.1. The SMILES string of the molecule is OC1(C#CC#CC#CC2(O)c3ccccc3-c3ccccc32)c2ccccc2-c2ccccc21. The summed E-state index contributed by atoms with van der Waals surface area (Å²) >= 11 is 0. The molecule has 2 heteroatoms. The first-order chi connectivity index (χ1) is 16.6. The smallest absolute Gasteiger partial charge is 0.179 e. The molecule has 158 valence electrons. The van der Waals surface area contributed by atoms with Crippen molar-refractivity contribution in [1.29, 1.82) is 0 Å². The van der Waals surface area contributed by atoms with E-state index in [0.29, 0.717) is 0 Å². The van der Waals surface area contributed by atoms with Crippen molar-refractivity contribution < 1.29 is 10.2 Å². The molecule has 2 N–H and O–H groups in total. The van der Waals surface area contributed by atoms with Crippen molar-refractivity contribution in [2.75, 3.05) is 0 Å². The third-order valence-corrected chi connectivity index (χ3v) is 6.52. The molecule has 0 fully saturated rings. The number of hydrogen-bond acceptors (Lipinski definition) is 2. The molecule has 0 radical (unpaired) electrons. The summed E-state index contributed by atoms with van der Waals surface area (Å²) in [4.78, 5) is 0. The molecule has 0 spiro atoms. The van der Waals surface area contributed by atoms with E-state index in [1.54, 1.807) is 0 Å². The molecule has 0 bridgehead atoms. The standard InChI is InChI=1S/C32H18O2/c33-31(27-17-7-3-13-23(27)24-14-4-8-18-28(24)31)21-11-1-2-12-22-32(34)29-19-9-5-15-25(29)26-16-6-10-20-30(26)32/h3-10,13-20,33-34H. The molecule has 2 nitrogen and oxygen atoms in total. The average Bonchev–Trinajstić information content (AvgIpc) is 3.29. The number of hydrogen-bond donors (Lipinski definition) is 2. The second-order valence-corrected chi connectivity index (χ2v) is 8.35. The van der Waals surface area contributed by atoms with Gasteiger partial charge in [0.25, 0.3) is 0 Å². The first-order valence-electron chi connectivity index (χ1n) is 11.0. The summed E-state index contributed by atoms with van der Waals surface area (Å²) in [6.45, 7) is 0. The maximum Gasteiger partial charge on any atom is 0.179 e. The Morgan fingerprint density at radius 2 is 0.647 bits per heavy atom. The van der Waals surface area contributed by atoms with Crippen molar-refractivity contribution in [2.24, 2.45) is 0 Å². The van der Waals surface area contributed by atoms with Crippen LogP contribution in [0.4, 0.5) is 0 Å². The molecule has 0 atom stereocenters. The second kappa shape index (κ2) is 7.52. The highest BCUT2D eigenvalue weighted by molar-refractivity contribution is 5.83. The monoisotopic (exact) mass is 434 g/mol. The molecule has 4 aromatic carbocycles. The highest BCUT2D eigenvalue weighted by Gasteiger charge is 2.41. The largest absolute Gasteiger partial charge is 0.369 e. The lowest BCUT2D eigenvalue weighted by Crippen LogP contribution is -2.22. The molecule has 0 aromatic heterocycles. The number of benzene rings is 4. The fourth-order valence-electron chi connectivity index (χ4n) is 5.00. The molecule has 0 saturated heterocycles. The van der Waals surface area contributed by atoms with E-state index in [1.807, 2.05) is 97.1 Å². The fourth-order valence-corrected chi connectivity index (χ4v) is 5.00. The van der Waals surface area contributed by atoms with Crippen LogP contribution in [0.5, 0.6) is 0 Å². The highest BCUT2D eigenvalue weighted by Crippen LogP contribution is 2.47. The topological polar surface area (TPSA) is 40.5 Å². The minimum Gasteiger partial charge on any atom is -0.369 e. The van der Waals surface area contributed by atoms with E-state index < -0.39 is 11.2 Å². The normalized spacial score (nSPS) is 14.5. The van der Waals surface area contributed by atoms with Crippen molar-refractivity contribution in [3.63, 3.8) is 0 Å². The van der Waals surface area contributed by atoms with Gasteiger partial charge in [0.15, 0.2) is 11.2 Å². The Bertz CT molecular complexity index is 1440. The molecule has 34 heavy (non-hydrogen) atoms. The van der Waals surface area contributed by atoms with E-state index in [9.17, 15) is 10.2 Å². The number of fused-ring (bicyclic) bond motifs is 6. The van der Waals surface area contributed by atoms with Gasteiger partial charge in [-0.25, -0.2) is 0 Å². The Morgan fingerprint density at radius 3 is 0.941 bits per heavy atom. The van der Waals surface area contributed by atoms with Gasteiger partial charge in [0.05, 0.1) is 0 Å². The molecule has 0 saturated carbocycles. The van der Waals surface area contributed by atoms with Gasteiger partial charge in [0.2, 0.25) is 0 Å². The minimum absolute atomic E-state index is 0.755. The molecule has 2 aliphatic rings. The van der Waals surface area contributed by atoms with E-state index in [4.69, 9.17) is 0 Å². The Hall–Kier alpha value is -4.52. The molecule has 0 amide bonds. The Kier molecular flexibility index (Phi) is 4.45. The van der Waals surface area contributed by atoms with Gasteiger partial charge in [0, 0.05) is 22.3 Å². The first-order valence-corrected chi connectivity index (χ1v) is 11.0. The summed E-state index contributed by atoms with van der Waals surface area (Å²) in [5, 5.41) is 22.9. The van der Waals surface area contributed by atoms with Crippen molar-refractivity contribution in [3.8, 4) is 57.8 Å². The van der Waals surface area contributed by atoms with Gasteiger partial charge >= 0.3 is 0 Å². The highest BCUT2D eigenvalue weighted by atomic mass is 16.3. The molecule has 2 aliphatic carbocycles. The zero-order chi connectivity index (χ0) is 23.2. The molecular weight excluding hydrogens is 416 g/mol. The van der Waals surface area contributed by atoms with Crippen LogP contribution in [0.1, 0.15) is 22.3 Å². The summed E-state index contributed by atoms with van der Waals surface area (Å²) in [7, 11) is 0. The van der Waals surface area contributed by atoms with Crippen LogP contribution >= 0.6 is 0 Å². The van der Waals surface area contributed by atoms with Gasteiger partial charge in [-0.3, -0.25) is 0 Å². The van der Waals surface area contributed by atoms with Crippen LogP contribution in [-0.2, 0) is 11.2 Å². The Morgan fingerprint density at radius 1 is 0.382 bits per heavy atom. The predicted octanol–water partition coefficient (Wildman–Crippen LogP) is 4.83. The van der Waals surface area contributed by atoms with E-state index >= 15 is 0 Å². The summed E-state index contributed by atoms with van der Waals surface area (Å²) < 4.78 is 0. The first kappa shape index (κ1) is 20.1. The van der Waals surface area contributed by atoms with Gasteiger partial charge in [-0.15, -0.1) is 0 Å². The van der Waals surface area contributed by atoms with Gasteiger partial charge in [0.1, 0.15) is 0 Å². The van der Waals surface area contributed by atoms with Crippen LogP contribution in [0.2, 0.25) is 0 Å². The van der Waals surface area contributed by atoms with Crippen molar-refractivity contribution >= 4 is 0 Å². The van der Waals surface area contributed by atoms with Crippen LogP contribution in [0.3, 0.4) is 0 Å². The summed E-state index contributed by atoms with van der Waals surface area (Å²) in [6.07, 6.45) is 0. The van der Waals surface area contributed by atoms with E-state index in [1.165, 1.54) is 0 Å². The van der Waals surface area contributed by atoms with Gasteiger partial charge in [-0.1, -0.05) is 97.1 Å². The van der Waals surface area contributed by atoms with Crippen LogP contribution in [0, 0.1) is 35.5 Å². The van der Waals surface area contributed by atoms with E-state index in [2.05, 4.69) is 35.5 Å². The van der Waals surface area contributed by atoms with Crippen LogP contribution in [0.25, 0.3) is 22.3 Å². The minimum atomic E-state index is -1.42. The summed E-state index contributed by atoms with van der Waals surface area (Å²) in [6, 6.07) is 30.9. The molecule has 6 rings (SSSR count). The zero-order valence-corrected chi connectivity index (χ0v) is 18.1. The lowest BCUT2D eigenvalue weighted by atomic mass is 9.92. The Labute approximate surface area is 198 Å². The van der Waals surface area contributed by atoms with Crippen molar-refractivity contribution in [1.82, 2.24) is 0 Å². The maximum atomic E-state index is 11.5. The summed E-state index contributed by atoms with van der Waals surface area (Å²) in [5.74, 6) is 16.9. The third-order valence-electron chi connectivity index (χ3n) is 6.52. The van der Waals surface area contributed by atoms with Crippen LogP contribution in [-0.4, -0.2) is 10.2 Å². The quantitative estimate of drug-likeness (QED) is 0.389. The van der Waals surface area contributed by atoms with Gasteiger partial charge in [-0.2, -0.15) is 0 Å². The molecule has 4 aromatic rings. The average molecular weight is 434 g/mol. The van der Waals surface area contributed by atoms with E-state index in [-0.39, 0.29) is 0 Å². The molecule has 0 aliphatic heterocycles. The van der Waals surface area contributed by atoms with E-state index in [0.717, 1.165) is 44.5 Å². The molecular formula is C32H18O2. The van der Waals surface area contributed by atoms with Crippen molar-refractivity contribution in [3.05, 3.63) is 119 Å². The van der Waals surface area contributed by atoms with Gasteiger partial charge < -0.3 is 10.2 Å². The molecule has 0 unspecified atom stereocenters. The second-order valence-electron chi connectivity index (χ2n) is 8.35. The number of aliphatic hydroxyl groups is 2. The summed E-state index contributed by atoms with van der Waals surface area (Å²) in [5.41, 5.74) is 4.08. The van der Waals surface area contributed by atoms with Crippen molar-refractivity contribution in [2.45, 2.75) is 11.2 Å².